The number of thioether (sulfide) groups is 1. The molecule has 1 aromatic carbocycles. The van der Waals surface area contributed by atoms with Gasteiger partial charge in [-0.05, 0) is 31.2 Å². The van der Waals surface area contributed by atoms with E-state index in [0.717, 1.165) is 23.5 Å². The van der Waals surface area contributed by atoms with E-state index in [4.69, 9.17) is 4.74 Å². The average molecular weight is 265 g/mol. The average Bonchev–Trinajstić information content (AvgIpc) is 2.85. The predicted molar refractivity (Wildman–Crippen MR) is 75.2 cm³/mol. The number of carbonyl (C=O) groups is 1. The van der Waals surface area contributed by atoms with E-state index in [0.29, 0.717) is 12.1 Å². The number of benzene rings is 1. The maximum Gasteiger partial charge on any atom is 0.251 e. The van der Waals surface area contributed by atoms with E-state index in [2.05, 4.69) is 5.32 Å². The third-order valence-corrected chi connectivity index (χ3v) is 4.57. The molecule has 2 rings (SSSR count). The molecule has 0 spiro atoms. The first-order chi connectivity index (χ1) is 8.65. The van der Waals surface area contributed by atoms with Crippen LogP contribution in [0.2, 0.25) is 0 Å². The lowest BCUT2D eigenvalue weighted by molar-refractivity contribution is 0.0137. The molecule has 1 amide bonds. The number of ether oxygens (including phenoxy) is 1. The van der Waals surface area contributed by atoms with Gasteiger partial charge < -0.3 is 10.1 Å². The van der Waals surface area contributed by atoms with Crippen molar-refractivity contribution in [1.29, 1.82) is 0 Å². The van der Waals surface area contributed by atoms with Gasteiger partial charge in [-0.2, -0.15) is 11.8 Å². The zero-order chi connectivity index (χ0) is 13.0. The number of hydrogen-bond acceptors (Lipinski definition) is 3. The SMILES string of the molecule is COC1(CNC(=O)c2cccc(C)c2)CCSC1. The van der Waals surface area contributed by atoms with Gasteiger partial charge in [-0.3, -0.25) is 4.79 Å². The molecule has 1 fully saturated rings. The number of nitrogens with one attached hydrogen (secondary N) is 1. The monoisotopic (exact) mass is 265 g/mol. The van der Waals surface area contributed by atoms with Gasteiger partial charge in [0.2, 0.25) is 0 Å². The maximum atomic E-state index is 12.0. The van der Waals surface area contributed by atoms with Crippen LogP contribution in [-0.4, -0.2) is 36.7 Å². The highest BCUT2D eigenvalue weighted by molar-refractivity contribution is 7.99. The van der Waals surface area contributed by atoms with Gasteiger partial charge in [-0.25, -0.2) is 0 Å². The zero-order valence-corrected chi connectivity index (χ0v) is 11.7. The summed E-state index contributed by atoms with van der Waals surface area (Å²) in [5.41, 5.74) is 1.64. The van der Waals surface area contributed by atoms with Crippen molar-refractivity contribution >= 4 is 17.7 Å². The second kappa shape index (κ2) is 5.76. The summed E-state index contributed by atoms with van der Waals surface area (Å²) in [4.78, 5) is 12.0. The molecule has 1 aromatic rings. The summed E-state index contributed by atoms with van der Waals surface area (Å²) in [6.45, 7) is 2.57. The Bertz CT molecular complexity index is 428. The van der Waals surface area contributed by atoms with Crippen molar-refractivity contribution in [2.24, 2.45) is 0 Å². The minimum atomic E-state index is -0.176. The third kappa shape index (κ3) is 3.06. The van der Waals surface area contributed by atoms with Gasteiger partial charge in [-0.1, -0.05) is 17.7 Å². The van der Waals surface area contributed by atoms with Crippen LogP contribution in [0.3, 0.4) is 0 Å². The van der Waals surface area contributed by atoms with Crippen molar-refractivity contribution in [3.63, 3.8) is 0 Å². The molecule has 0 aromatic heterocycles. The third-order valence-electron chi connectivity index (χ3n) is 3.35. The Hall–Kier alpha value is -1.00. The normalized spacial score (nSPS) is 23.0. The molecule has 98 valence electrons. The van der Waals surface area contributed by atoms with Crippen molar-refractivity contribution in [1.82, 2.24) is 5.32 Å². The van der Waals surface area contributed by atoms with Crippen LogP contribution in [0.4, 0.5) is 0 Å². The predicted octanol–water partition coefficient (Wildman–Crippen LogP) is 2.25. The Labute approximate surface area is 112 Å². The standard InChI is InChI=1S/C14H19NO2S/c1-11-4-3-5-12(8-11)13(16)15-9-14(17-2)6-7-18-10-14/h3-5,8H,6-7,9-10H2,1-2H3,(H,15,16). The van der Waals surface area contributed by atoms with E-state index in [9.17, 15) is 4.79 Å². The molecular weight excluding hydrogens is 246 g/mol. The maximum absolute atomic E-state index is 12.0. The molecule has 1 atom stereocenters. The highest BCUT2D eigenvalue weighted by Crippen LogP contribution is 2.30. The van der Waals surface area contributed by atoms with Gasteiger partial charge in [0.05, 0.1) is 5.60 Å². The van der Waals surface area contributed by atoms with Gasteiger partial charge in [0.1, 0.15) is 0 Å². The number of methoxy groups -OCH3 is 1. The van der Waals surface area contributed by atoms with Crippen LogP contribution >= 0.6 is 11.8 Å². The summed E-state index contributed by atoms with van der Waals surface area (Å²) in [7, 11) is 1.73. The summed E-state index contributed by atoms with van der Waals surface area (Å²) in [6, 6.07) is 7.63. The lowest BCUT2D eigenvalue weighted by Gasteiger charge is -2.26. The van der Waals surface area contributed by atoms with E-state index < -0.39 is 0 Å². The van der Waals surface area contributed by atoms with Crippen molar-refractivity contribution in [2.75, 3.05) is 25.2 Å². The Morgan fingerprint density at radius 1 is 1.56 bits per heavy atom. The zero-order valence-electron chi connectivity index (χ0n) is 10.9. The number of rotatable bonds is 4. The summed E-state index contributed by atoms with van der Waals surface area (Å²) >= 11 is 1.88. The fourth-order valence-corrected chi connectivity index (χ4v) is 3.49. The lowest BCUT2D eigenvalue weighted by atomic mass is 10.0. The van der Waals surface area contributed by atoms with Gasteiger partial charge in [0.15, 0.2) is 0 Å². The van der Waals surface area contributed by atoms with Crippen molar-refractivity contribution in [3.8, 4) is 0 Å². The van der Waals surface area contributed by atoms with Gasteiger partial charge in [0.25, 0.3) is 5.91 Å². The summed E-state index contributed by atoms with van der Waals surface area (Å²) in [5, 5.41) is 2.98. The molecule has 0 radical (unpaired) electrons. The fourth-order valence-electron chi connectivity index (χ4n) is 2.09. The van der Waals surface area contributed by atoms with Crippen LogP contribution in [0.5, 0.6) is 0 Å². The van der Waals surface area contributed by atoms with E-state index in [1.807, 2.05) is 43.0 Å². The smallest absolute Gasteiger partial charge is 0.251 e. The molecule has 0 saturated carbocycles. The lowest BCUT2D eigenvalue weighted by Crippen LogP contribution is -2.44. The molecule has 1 unspecified atom stereocenters. The fraction of sp³-hybridized carbons (Fsp3) is 0.500. The van der Waals surface area contributed by atoms with Crippen LogP contribution in [0.25, 0.3) is 0 Å². The summed E-state index contributed by atoms with van der Waals surface area (Å²) in [5.74, 6) is 2.04. The van der Waals surface area contributed by atoms with E-state index in [1.165, 1.54) is 0 Å². The van der Waals surface area contributed by atoms with Crippen molar-refractivity contribution < 1.29 is 9.53 Å². The molecule has 0 bridgehead atoms. The molecule has 1 aliphatic heterocycles. The van der Waals surface area contributed by atoms with Crippen LogP contribution in [0.15, 0.2) is 24.3 Å². The first-order valence-corrected chi connectivity index (χ1v) is 7.28. The number of aryl methyl sites for hydroxylation is 1. The van der Waals surface area contributed by atoms with Crippen LogP contribution in [-0.2, 0) is 4.74 Å². The second-order valence-corrected chi connectivity index (χ2v) is 5.85. The van der Waals surface area contributed by atoms with Crippen LogP contribution in [0.1, 0.15) is 22.3 Å². The molecular formula is C14H19NO2S. The molecule has 1 aliphatic rings. The Morgan fingerprint density at radius 3 is 3.00 bits per heavy atom. The van der Waals surface area contributed by atoms with Crippen LogP contribution < -0.4 is 5.32 Å². The highest BCUT2D eigenvalue weighted by atomic mass is 32.2. The molecule has 0 aliphatic carbocycles. The van der Waals surface area contributed by atoms with Gasteiger partial charge in [0, 0.05) is 25.0 Å². The van der Waals surface area contributed by atoms with Gasteiger partial charge >= 0.3 is 0 Å². The Morgan fingerprint density at radius 2 is 2.39 bits per heavy atom. The Balaban J connectivity index is 1.96. The van der Waals surface area contributed by atoms with E-state index in [-0.39, 0.29) is 11.5 Å². The Kier molecular flexibility index (Phi) is 4.30. The van der Waals surface area contributed by atoms with Gasteiger partial charge in [-0.15, -0.1) is 0 Å². The van der Waals surface area contributed by atoms with Crippen molar-refractivity contribution in [3.05, 3.63) is 35.4 Å². The minimum Gasteiger partial charge on any atom is -0.376 e. The second-order valence-electron chi connectivity index (χ2n) is 4.74. The minimum absolute atomic E-state index is 0.0213. The largest absolute Gasteiger partial charge is 0.376 e. The molecule has 1 heterocycles. The highest BCUT2D eigenvalue weighted by Gasteiger charge is 2.34. The van der Waals surface area contributed by atoms with Crippen LogP contribution in [0, 0.1) is 6.92 Å². The summed E-state index contributed by atoms with van der Waals surface area (Å²) < 4.78 is 5.57. The topological polar surface area (TPSA) is 38.3 Å². The quantitative estimate of drug-likeness (QED) is 0.907. The molecule has 4 heteroatoms. The number of hydrogen-bond donors (Lipinski definition) is 1. The van der Waals surface area contributed by atoms with E-state index >= 15 is 0 Å². The molecule has 1 N–H and O–H groups in total. The number of amides is 1. The molecule has 3 nitrogen and oxygen atoms in total. The summed E-state index contributed by atoms with van der Waals surface area (Å²) in [6.07, 6.45) is 1.00. The first-order valence-electron chi connectivity index (χ1n) is 6.13. The molecule has 1 saturated heterocycles. The van der Waals surface area contributed by atoms with Crippen molar-refractivity contribution in [2.45, 2.75) is 18.9 Å². The van der Waals surface area contributed by atoms with E-state index in [1.54, 1.807) is 7.11 Å². The molecule has 18 heavy (non-hydrogen) atoms. The first kappa shape index (κ1) is 13.4. The number of carbonyl (C=O) groups excluding carboxylic acids is 1.